The van der Waals surface area contributed by atoms with Gasteiger partial charge in [0.25, 0.3) is 5.89 Å². The summed E-state index contributed by atoms with van der Waals surface area (Å²) in [6.45, 7) is 0. The van der Waals surface area contributed by atoms with Crippen LogP contribution >= 0.6 is 23.2 Å². The first-order chi connectivity index (χ1) is 12.5. The second-order valence-electron chi connectivity index (χ2n) is 6.33. The summed E-state index contributed by atoms with van der Waals surface area (Å²) in [7, 11) is 0. The molecule has 0 unspecified atom stereocenters. The van der Waals surface area contributed by atoms with Crippen molar-refractivity contribution < 1.29 is 9.26 Å². The predicted molar refractivity (Wildman–Crippen MR) is 98.4 cm³/mol. The lowest BCUT2D eigenvalue weighted by Gasteiger charge is -2.17. The van der Waals surface area contributed by atoms with Crippen LogP contribution in [-0.2, 0) is 5.54 Å². The molecule has 6 nitrogen and oxygen atoms in total. The van der Waals surface area contributed by atoms with Gasteiger partial charge < -0.3 is 15.0 Å². The number of nitrogens with two attached hydrogens (primary N) is 1. The molecule has 0 saturated heterocycles. The zero-order valence-corrected chi connectivity index (χ0v) is 15.3. The van der Waals surface area contributed by atoms with Crippen LogP contribution in [0.15, 0.2) is 41.1 Å². The summed E-state index contributed by atoms with van der Waals surface area (Å²) in [5.41, 5.74) is 6.57. The summed E-state index contributed by atoms with van der Waals surface area (Å²) < 4.78 is 11.0. The third-order valence-corrected chi connectivity index (χ3v) is 5.28. The average molecular weight is 391 g/mol. The molecule has 2 aromatic heterocycles. The van der Waals surface area contributed by atoms with E-state index in [0.29, 0.717) is 39.0 Å². The highest BCUT2D eigenvalue weighted by molar-refractivity contribution is 6.42. The van der Waals surface area contributed by atoms with Gasteiger partial charge in [-0.25, -0.2) is 4.98 Å². The van der Waals surface area contributed by atoms with Gasteiger partial charge >= 0.3 is 0 Å². The molecule has 134 valence electrons. The largest absolute Gasteiger partial charge is 0.437 e. The van der Waals surface area contributed by atoms with Crippen LogP contribution in [0.2, 0.25) is 10.0 Å². The minimum atomic E-state index is -0.485. The number of ether oxygens (including phenoxy) is 1. The van der Waals surface area contributed by atoms with Crippen molar-refractivity contribution in [2.45, 2.75) is 31.2 Å². The van der Waals surface area contributed by atoms with Crippen LogP contribution in [0.1, 0.15) is 31.5 Å². The molecule has 1 aliphatic carbocycles. The van der Waals surface area contributed by atoms with Crippen LogP contribution in [0, 0.1) is 0 Å². The molecule has 0 atom stereocenters. The van der Waals surface area contributed by atoms with E-state index in [2.05, 4.69) is 15.1 Å². The number of hydrogen-bond acceptors (Lipinski definition) is 6. The molecule has 3 aromatic rings. The maximum absolute atomic E-state index is 6.36. The Kier molecular flexibility index (Phi) is 4.56. The minimum Gasteiger partial charge on any atom is -0.437 e. The van der Waals surface area contributed by atoms with E-state index in [1.165, 1.54) is 0 Å². The molecule has 8 heteroatoms. The number of pyridine rings is 1. The van der Waals surface area contributed by atoms with Crippen LogP contribution in [0.4, 0.5) is 0 Å². The monoisotopic (exact) mass is 390 g/mol. The Labute approximate surface area is 160 Å². The molecule has 0 spiro atoms. The number of benzene rings is 1. The molecule has 1 aliphatic rings. The minimum absolute atomic E-state index is 0.339. The van der Waals surface area contributed by atoms with Gasteiger partial charge in [-0.15, -0.1) is 0 Å². The molecule has 26 heavy (non-hydrogen) atoms. The maximum atomic E-state index is 6.36. The smallest absolute Gasteiger partial charge is 0.259 e. The number of rotatable bonds is 4. The number of halogens is 2. The van der Waals surface area contributed by atoms with Gasteiger partial charge in [0.1, 0.15) is 10.8 Å². The van der Waals surface area contributed by atoms with Crippen molar-refractivity contribution in [1.82, 2.24) is 15.1 Å². The second kappa shape index (κ2) is 6.87. The SMILES string of the molecule is NC1(c2noc(-c3ccc(Oc4cccc(Cl)c4Cl)nc3)n2)CCCC1. The van der Waals surface area contributed by atoms with Gasteiger partial charge in [-0.05, 0) is 31.0 Å². The van der Waals surface area contributed by atoms with Gasteiger partial charge in [-0.2, -0.15) is 4.98 Å². The third-order valence-electron chi connectivity index (χ3n) is 4.48. The maximum Gasteiger partial charge on any atom is 0.259 e. The quantitative estimate of drug-likeness (QED) is 0.677. The van der Waals surface area contributed by atoms with Crippen molar-refractivity contribution in [2.75, 3.05) is 0 Å². The Bertz CT molecular complexity index is 921. The number of aromatic nitrogens is 3. The van der Waals surface area contributed by atoms with E-state index in [9.17, 15) is 0 Å². The molecular formula is C18H16Cl2N4O2. The lowest BCUT2D eigenvalue weighted by Crippen LogP contribution is -2.34. The van der Waals surface area contributed by atoms with E-state index in [1.807, 2.05) is 0 Å². The zero-order valence-electron chi connectivity index (χ0n) is 13.8. The van der Waals surface area contributed by atoms with Crippen molar-refractivity contribution in [2.24, 2.45) is 5.73 Å². The van der Waals surface area contributed by atoms with E-state index in [0.717, 1.165) is 25.7 Å². The van der Waals surface area contributed by atoms with E-state index in [-0.39, 0.29) is 0 Å². The van der Waals surface area contributed by atoms with Crippen LogP contribution in [0.25, 0.3) is 11.5 Å². The van der Waals surface area contributed by atoms with Crippen LogP contribution in [0.3, 0.4) is 0 Å². The molecule has 4 rings (SSSR count). The van der Waals surface area contributed by atoms with Crippen molar-refractivity contribution in [1.29, 1.82) is 0 Å². The number of hydrogen-bond donors (Lipinski definition) is 1. The standard InChI is InChI=1S/C18H16Cl2N4O2/c19-12-4-3-5-13(15(12)20)25-14-7-6-11(10-22-14)16-23-17(24-26-16)18(21)8-1-2-9-18/h3-7,10H,1-2,8-9,21H2. The van der Waals surface area contributed by atoms with E-state index in [4.69, 9.17) is 38.2 Å². The third kappa shape index (κ3) is 3.28. The lowest BCUT2D eigenvalue weighted by atomic mass is 9.99. The van der Waals surface area contributed by atoms with E-state index >= 15 is 0 Å². The summed E-state index contributed by atoms with van der Waals surface area (Å²) in [6, 6.07) is 8.65. The molecule has 1 aromatic carbocycles. The van der Waals surface area contributed by atoms with Gasteiger partial charge in [-0.1, -0.05) is 47.3 Å². The summed E-state index contributed by atoms with van der Waals surface area (Å²) >= 11 is 12.1. The second-order valence-corrected chi connectivity index (χ2v) is 7.11. The summed E-state index contributed by atoms with van der Waals surface area (Å²) in [4.78, 5) is 8.71. The van der Waals surface area contributed by atoms with Crippen molar-refractivity contribution in [3.05, 3.63) is 52.4 Å². The Balaban J connectivity index is 1.53. The van der Waals surface area contributed by atoms with Gasteiger partial charge in [0, 0.05) is 12.3 Å². The fourth-order valence-corrected chi connectivity index (χ4v) is 3.35. The summed E-state index contributed by atoms with van der Waals surface area (Å²) in [6.07, 6.45) is 5.51. The summed E-state index contributed by atoms with van der Waals surface area (Å²) in [5, 5.41) is 4.81. The van der Waals surface area contributed by atoms with Gasteiger partial charge in [0.2, 0.25) is 5.88 Å². The van der Waals surface area contributed by atoms with Crippen LogP contribution in [0.5, 0.6) is 11.6 Å². The number of nitrogens with zero attached hydrogens (tertiary/aromatic N) is 3. The first kappa shape index (κ1) is 17.3. The Morgan fingerprint density at radius 1 is 1.12 bits per heavy atom. The first-order valence-corrected chi connectivity index (χ1v) is 9.02. The summed E-state index contributed by atoms with van der Waals surface area (Å²) in [5.74, 6) is 1.75. The highest BCUT2D eigenvalue weighted by Crippen LogP contribution is 2.36. The van der Waals surface area contributed by atoms with Crippen molar-refractivity contribution >= 4 is 23.2 Å². The molecule has 0 bridgehead atoms. The fourth-order valence-electron chi connectivity index (χ4n) is 3.02. The van der Waals surface area contributed by atoms with Crippen molar-refractivity contribution in [3.8, 4) is 23.1 Å². The highest BCUT2D eigenvalue weighted by atomic mass is 35.5. The van der Waals surface area contributed by atoms with Gasteiger partial charge in [0.15, 0.2) is 5.82 Å². The molecule has 0 aliphatic heterocycles. The molecule has 2 heterocycles. The van der Waals surface area contributed by atoms with Gasteiger partial charge in [-0.3, -0.25) is 0 Å². The zero-order chi connectivity index (χ0) is 18.1. The first-order valence-electron chi connectivity index (χ1n) is 8.26. The molecule has 1 fully saturated rings. The van der Waals surface area contributed by atoms with Gasteiger partial charge in [0.05, 0.1) is 16.1 Å². The van der Waals surface area contributed by atoms with E-state index in [1.54, 1.807) is 36.5 Å². The molecular weight excluding hydrogens is 375 g/mol. The Hall–Kier alpha value is -2.15. The Morgan fingerprint density at radius 2 is 1.92 bits per heavy atom. The normalized spacial score (nSPS) is 16.0. The molecule has 2 N–H and O–H groups in total. The highest BCUT2D eigenvalue weighted by Gasteiger charge is 2.36. The van der Waals surface area contributed by atoms with E-state index < -0.39 is 5.54 Å². The topological polar surface area (TPSA) is 87.1 Å². The molecule has 0 radical (unpaired) electrons. The molecule has 0 amide bonds. The van der Waals surface area contributed by atoms with Crippen LogP contribution in [-0.4, -0.2) is 15.1 Å². The average Bonchev–Trinajstić information content (AvgIpc) is 3.30. The fraction of sp³-hybridized carbons (Fsp3) is 0.278. The predicted octanol–water partition coefficient (Wildman–Crippen LogP) is 4.96. The lowest BCUT2D eigenvalue weighted by molar-refractivity contribution is 0.372. The van der Waals surface area contributed by atoms with Crippen LogP contribution < -0.4 is 10.5 Å². The van der Waals surface area contributed by atoms with Crippen molar-refractivity contribution in [3.63, 3.8) is 0 Å². The Morgan fingerprint density at radius 3 is 2.65 bits per heavy atom. The molecule has 1 saturated carbocycles.